The van der Waals surface area contributed by atoms with Gasteiger partial charge >= 0.3 is 14.5 Å². The maximum absolute atomic E-state index is 11.0. The van der Waals surface area contributed by atoms with Gasteiger partial charge in [0.25, 0.3) is 0 Å². The molecule has 6 nitrogen and oxygen atoms in total. The average Bonchev–Trinajstić information content (AvgIpc) is 2.12. The van der Waals surface area contributed by atoms with E-state index in [-0.39, 0.29) is 0 Å². The van der Waals surface area contributed by atoms with Crippen LogP contribution in [0, 0.1) is 0 Å². The number of carboxylic acids is 1. The molecule has 0 heterocycles. The minimum absolute atomic E-state index is 0.369. The van der Waals surface area contributed by atoms with E-state index in [2.05, 4.69) is 5.32 Å². The van der Waals surface area contributed by atoms with E-state index in [1.165, 1.54) is 6.55 Å². The van der Waals surface area contributed by atoms with Crippen LogP contribution in [0.5, 0.6) is 0 Å². The van der Waals surface area contributed by atoms with Gasteiger partial charge in [-0.3, -0.25) is 4.79 Å². The summed E-state index contributed by atoms with van der Waals surface area (Å²) in [5.41, 5.74) is 0. The number of carbonyl (C=O) groups is 2. The van der Waals surface area contributed by atoms with Crippen LogP contribution in [0.15, 0.2) is 12.2 Å². The number of carboxylic acid groups (broad SMARTS) is 1. The van der Waals surface area contributed by atoms with Crippen molar-refractivity contribution in [3.8, 4) is 0 Å². The summed E-state index contributed by atoms with van der Waals surface area (Å²) in [6.45, 7) is 1.83. The normalized spacial score (nSPS) is 11.7. The van der Waals surface area contributed by atoms with Gasteiger partial charge in [0.05, 0.1) is 0 Å². The van der Waals surface area contributed by atoms with Crippen LogP contribution < -0.4 is 5.32 Å². The number of carbonyl (C=O) groups excluding carboxylic acids is 1. The average molecular weight is 247 g/mol. The monoisotopic (exact) mass is 247 g/mol. The van der Waals surface area contributed by atoms with E-state index >= 15 is 0 Å². The zero-order chi connectivity index (χ0) is 12.6. The van der Waals surface area contributed by atoms with Crippen molar-refractivity contribution in [3.05, 3.63) is 12.2 Å². The number of aliphatic carboxylic acids is 1. The molecule has 0 unspecified atom stereocenters. The highest BCUT2D eigenvalue weighted by molar-refractivity contribution is 6.63. The zero-order valence-electron chi connectivity index (χ0n) is 9.14. The van der Waals surface area contributed by atoms with Crippen LogP contribution in [-0.4, -0.2) is 41.7 Å². The zero-order valence-corrected chi connectivity index (χ0v) is 10.1. The van der Waals surface area contributed by atoms with Gasteiger partial charge in [0.15, 0.2) is 0 Å². The topological polar surface area (TPSA) is 107 Å². The SMILES string of the molecule is C[Si](O)(O)CCCCNC(=O)/C=C\C(=O)O. The third-order valence-corrected chi connectivity index (χ3v) is 3.05. The van der Waals surface area contributed by atoms with Gasteiger partial charge in [-0.05, 0) is 25.4 Å². The highest BCUT2D eigenvalue weighted by Crippen LogP contribution is 2.05. The van der Waals surface area contributed by atoms with E-state index in [0.717, 1.165) is 12.2 Å². The lowest BCUT2D eigenvalue weighted by Crippen LogP contribution is -2.30. The van der Waals surface area contributed by atoms with Crippen LogP contribution >= 0.6 is 0 Å². The molecule has 0 rings (SSSR count). The quantitative estimate of drug-likeness (QED) is 0.278. The number of hydrogen-bond donors (Lipinski definition) is 4. The molecule has 0 aliphatic rings. The number of hydrogen-bond acceptors (Lipinski definition) is 4. The van der Waals surface area contributed by atoms with Crippen molar-refractivity contribution in [2.24, 2.45) is 0 Å². The Kier molecular flexibility index (Phi) is 6.62. The summed E-state index contributed by atoms with van der Waals surface area (Å²) in [6.07, 6.45) is 2.97. The van der Waals surface area contributed by atoms with Gasteiger partial charge in [-0.15, -0.1) is 0 Å². The lowest BCUT2D eigenvalue weighted by molar-refractivity contribution is -0.131. The molecule has 0 aliphatic carbocycles. The van der Waals surface area contributed by atoms with Gasteiger partial charge in [0, 0.05) is 18.7 Å². The van der Waals surface area contributed by atoms with Crippen molar-refractivity contribution < 1.29 is 24.3 Å². The first kappa shape index (κ1) is 14.8. The maximum atomic E-state index is 11.0. The molecular weight excluding hydrogens is 230 g/mol. The third kappa shape index (κ3) is 10.9. The Morgan fingerprint density at radius 3 is 2.38 bits per heavy atom. The van der Waals surface area contributed by atoms with Crippen molar-refractivity contribution >= 4 is 20.4 Å². The molecule has 92 valence electrons. The van der Waals surface area contributed by atoms with E-state index in [9.17, 15) is 9.59 Å². The Balaban J connectivity index is 3.53. The Hall–Kier alpha value is -1.18. The summed E-state index contributed by atoms with van der Waals surface area (Å²) in [6, 6.07) is 0.369. The number of amides is 1. The summed E-state index contributed by atoms with van der Waals surface area (Å²) in [5, 5.41) is 10.7. The summed E-state index contributed by atoms with van der Waals surface area (Å²) >= 11 is 0. The number of nitrogens with one attached hydrogen (secondary N) is 1. The van der Waals surface area contributed by atoms with Crippen molar-refractivity contribution in [2.75, 3.05) is 6.54 Å². The lowest BCUT2D eigenvalue weighted by Gasteiger charge is -2.10. The second kappa shape index (κ2) is 7.15. The summed E-state index contributed by atoms with van der Waals surface area (Å²) in [5.74, 6) is -1.63. The van der Waals surface area contributed by atoms with E-state index in [1.54, 1.807) is 0 Å². The molecule has 0 aromatic rings. The molecule has 0 aromatic heterocycles. The highest BCUT2D eigenvalue weighted by atomic mass is 28.4. The number of rotatable bonds is 7. The molecule has 0 atom stereocenters. The van der Waals surface area contributed by atoms with Gasteiger partial charge in [-0.1, -0.05) is 0 Å². The fraction of sp³-hybridized carbons (Fsp3) is 0.556. The van der Waals surface area contributed by atoms with Crippen LogP contribution in [0.4, 0.5) is 0 Å². The standard InChI is InChI=1S/C9H17NO5Si/c1-16(14,15)7-3-2-6-10-8(11)4-5-9(12)13/h4-5,14-15H,2-3,6-7H2,1H3,(H,10,11)(H,12,13)/b5-4-. The Labute approximate surface area is 94.9 Å². The molecule has 0 bridgehead atoms. The molecule has 0 saturated heterocycles. The van der Waals surface area contributed by atoms with Crippen LogP contribution in [-0.2, 0) is 9.59 Å². The minimum atomic E-state index is -2.97. The first-order valence-electron chi connectivity index (χ1n) is 4.95. The first-order valence-corrected chi connectivity index (χ1v) is 7.55. The summed E-state index contributed by atoms with van der Waals surface area (Å²) in [4.78, 5) is 39.2. The fourth-order valence-electron chi connectivity index (χ4n) is 1.00. The minimum Gasteiger partial charge on any atom is -0.478 e. The van der Waals surface area contributed by atoms with E-state index in [4.69, 9.17) is 14.7 Å². The first-order chi connectivity index (χ1) is 7.31. The molecular formula is C9H17NO5Si. The molecule has 0 radical (unpaired) electrons. The second-order valence-corrected chi connectivity index (χ2v) is 6.57. The van der Waals surface area contributed by atoms with Gasteiger partial charge in [0.2, 0.25) is 5.91 Å². The van der Waals surface area contributed by atoms with E-state index in [1.807, 2.05) is 0 Å². The van der Waals surface area contributed by atoms with Crippen LogP contribution in [0.2, 0.25) is 12.6 Å². The van der Waals surface area contributed by atoms with Gasteiger partial charge < -0.3 is 20.0 Å². The van der Waals surface area contributed by atoms with Gasteiger partial charge in [-0.2, -0.15) is 0 Å². The van der Waals surface area contributed by atoms with Crippen LogP contribution in [0.1, 0.15) is 12.8 Å². The summed E-state index contributed by atoms with van der Waals surface area (Å²) in [7, 11) is -2.97. The molecule has 0 aromatic carbocycles. The van der Waals surface area contributed by atoms with Crippen LogP contribution in [0.25, 0.3) is 0 Å². The lowest BCUT2D eigenvalue weighted by atomic mass is 10.3. The van der Waals surface area contributed by atoms with Crippen LogP contribution in [0.3, 0.4) is 0 Å². The van der Waals surface area contributed by atoms with Crippen molar-refractivity contribution in [1.82, 2.24) is 5.32 Å². The molecule has 1 amide bonds. The Morgan fingerprint density at radius 2 is 1.88 bits per heavy atom. The Bertz CT molecular complexity index is 272. The molecule has 0 spiro atoms. The maximum Gasteiger partial charge on any atom is 0.329 e. The molecule has 16 heavy (non-hydrogen) atoms. The predicted molar refractivity (Wildman–Crippen MR) is 59.9 cm³/mol. The molecule has 0 saturated carbocycles. The Morgan fingerprint density at radius 1 is 1.25 bits per heavy atom. The van der Waals surface area contributed by atoms with Gasteiger partial charge in [0.1, 0.15) is 0 Å². The molecule has 0 fully saturated rings. The molecule has 4 N–H and O–H groups in total. The van der Waals surface area contributed by atoms with E-state index in [0.29, 0.717) is 25.4 Å². The fourth-order valence-corrected chi connectivity index (χ4v) is 1.92. The van der Waals surface area contributed by atoms with Crippen molar-refractivity contribution in [2.45, 2.75) is 25.4 Å². The smallest absolute Gasteiger partial charge is 0.329 e. The third-order valence-electron chi connectivity index (χ3n) is 1.75. The van der Waals surface area contributed by atoms with Crippen molar-refractivity contribution in [3.63, 3.8) is 0 Å². The number of unbranched alkanes of at least 4 members (excludes halogenated alkanes) is 1. The molecule has 0 aliphatic heterocycles. The molecule has 7 heteroatoms. The highest BCUT2D eigenvalue weighted by Gasteiger charge is 2.19. The van der Waals surface area contributed by atoms with E-state index < -0.39 is 20.4 Å². The second-order valence-electron chi connectivity index (χ2n) is 3.64. The van der Waals surface area contributed by atoms with Gasteiger partial charge in [-0.25, -0.2) is 4.79 Å². The summed E-state index contributed by atoms with van der Waals surface area (Å²) < 4.78 is 0. The van der Waals surface area contributed by atoms with Crippen molar-refractivity contribution in [1.29, 1.82) is 0 Å². The largest absolute Gasteiger partial charge is 0.478 e. The predicted octanol–water partition coefficient (Wildman–Crippen LogP) is -0.420.